The van der Waals surface area contributed by atoms with Crippen molar-refractivity contribution in [2.24, 2.45) is 5.10 Å². The molecule has 158 valence electrons. The highest BCUT2D eigenvalue weighted by molar-refractivity contribution is 5.84. The van der Waals surface area contributed by atoms with Gasteiger partial charge in [0.05, 0.1) is 24.7 Å². The monoisotopic (exact) mass is 424 g/mol. The molecule has 1 heterocycles. The molecular weight excluding hydrogens is 407 g/mol. The number of carbonyl (C=O) groups excluding carboxylic acids is 1. The maximum absolute atomic E-state index is 12.9. The second-order valence-electron chi connectivity index (χ2n) is 6.22. The van der Waals surface area contributed by atoms with Gasteiger partial charge in [-0.15, -0.1) is 0 Å². The molecule has 0 atom stereocenters. The topological polar surface area (TPSA) is 116 Å². The van der Waals surface area contributed by atoms with Crippen molar-refractivity contribution in [3.8, 4) is 17.4 Å². The van der Waals surface area contributed by atoms with Crippen LogP contribution in [0, 0.1) is 15.9 Å². The summed E-state index contributed by atoms with van der Waals surface area (Å²) in [6.45, 7) is 0. The standard InChI is InChI=1S/C21H17FN4O5/c1-30-19-10-15(12-24-25-20(27)11-14-2-5-16(22)6-3-14)4-8-18(19)31-21-9-7-17(13-23-21)26(28)29/h2-10,12-13H,11H2,1H3,(H,25,27)/b24-12+. The number of aromatic nitrogens is 1. The summed E-state index contributed by atoms with van der Waals surface area (Å²) in [5, 5.41) is 14.6. The van der Waals surface area contributed by atoms with Crippen molar-refractivity contribution in [1.82, 2.24) is 10.4 Å². The molecule has 1 aromatic heterocycles. The second kappa shape index (κ2) is 9.92. The zero-order valence-corrected chi connectivity index (χ0v) is 16.3. The number of hydrogen-bond acceptors (Lipinski definition) is 7. The summed E-state index contributed by atoms with van der Waals surface area (Å²) in [6, 6.07) is 13.2. The summed E-state index contributed by atoms with van der Waals surface area (Å²) < 4.78 is 23.8. The van der Waals surface area contributed by atoms with Crippen LogP contribution in [0.3, 0.4) is 0 Å². The van der Waals surface area contributed by atoms with E-state index in [4.69, 9.17) is 9.47 Å². The molecule has 0 fully saturated rings. The first-order valence-electron chi connectivity index (χ1n) is 8.97. The Labute approximate surface area is 176 Å². The number of methoxy groups -OCH3 is 1. The Morgan fingerprint density at radius 2 is 1.97 bits per heavy atom. The first-order valence-corrected chi connectivity index (χ1v) is 8.97. The number of pyridine rings is 1. The maximum atomic E-state index is 12.9. The number of nitro groups is 1. The number of benzene rings is 2. The third-order valence-electron chi connectivity index (χ3n) is 4.01. The van der Waals surface area contributed by atoms with E-state index in [0.29, 0.717) is 22.6 Å². The lowest BCUT2D eigenvalue weighted by Crippen LogP contribution is -2.19. The fourth-order valence-electron chi connectivity index (χ4n) is 2.51. The Kier molecular flexibility index (Phi) is 6.84. The van der Waals surface area contributed by atoms with Crippen molar-refractivity contribution in [1.29, 1.82) is 0 Å². The summed E-state index contributed by atoms with van der Waals surface area (Å²) in [6.07, 6.45) is 2.59. The molecule has 0 saturated carbocycles. The lowest BCUT2D eigenvalue weighted by molar-refractivity contribution is -0.385. The third kappa shape index (κ3) is 6.07. The lowest BCUT2D eigenvalue weighted by Gasteiger charge is -2.10. The van der Waals surface area contributed by atoms with Crippen molar-refractivity contribution in [3.05, 3.63) is 87.9 Å². The lowest BCUT2D eigenvalue weighted by atomic mass is 10.1. The molecule has 0 unspecified atom stereocenters. The van der Waals surface area contributed by atoms with Crippen molar-refractivity contribution in [2.75, 3.05) is 7.11 Å². The molecule has 0 aliphatic rings. The van der Waals surface area contributed by atoms with Gasteiger partial charge in [-0.2, -0.15) is 5.10 Å². The van der Waals surface area contributed by atoms with Crippen molar-refractivity contribution < 1.29 is 23.6 Å². The van der Waals surface area contributed by atoms with E-state index in [1.165, 1.54) is 49.7 Å². The highest BCUT2D eigenvalue weighted by Gasteiger charge is 2.10. The predicted octanol–water partition coefficient (Wildman–Crippen LogP) is 3.62. The summed E-state index contributed by atoms with van der Waals surface area (Å²) in [5.41, 5.74) is 3.55. The molecule has 10 heteroatoms. The van der Waals surface area contributed by atoms with Crippen LogP contribution in [0.25, 0.3) is 0 Å². The molecule has 3 aromatic rings. The fourth-order valence-corrected chi connectivity index (χ4v) is 2.51. The Balaban J connectivity index is 1.61. The van der Waals surface area contributed by atoms with Crippen LogP contribution < -0.4 is 14.9 Å². The van der Waals surface area contributed by atoms with Gasteiger partial charge in [0.2, 0.25) is 11.8 Å². The van der Waals surface area contributed by atoms with Gasteiger partial charge in [-0.25, -0.2) is 14.8 Å². The summed E-state index contributed by atoms with van der Waals surface area (Å²) in [7, 11) is 1.46. The van der Waals surface area contributed by atoms with E-state index in [-0.39, 0.29) is 29.7 Å². The highest BCUT2D eigenvalue weighted by Crippen LogP contribution is 2.31. The Morgan fingerprint density at radius 1 is 1.19 bits per heavy atom. The predicted molar refractivity (Wildman–Crippen MR) is 110 cm³/mol. The third-order valence-corrected chi connectivity index (χ3v) is 4.01. The van der Waals surface area contributed by atoms with Crippen LogP contribution in [-0.4, -0.2) is 29.1 Å². The molecular formula is C21H17FN4O5. The smallest absolute Gasteiger partial charge is 0.287 e. The minimum Gasteiger partial charge on any atom is -0.493 e. The van der Waals surface area contributed by atoms with Crippen LogP contribution >= 0.6 is 0 Å². The zero-order valence-electron chi connectivity index (χ0n) is 16.3. The normalized spacial score (nSPS) is 10.6. The second-order valence-corrected chi connectivity index (χ2v) is 6.22. The molecule has 0 radical (unpaired) electrons. The van der Waals surface area contributed by atoms with Crippen molar-refractivity contribution in [3.63, 3.8) is 0 Å². The summed E-state index contributed by atoms with van der Waals surface area (Å²) >= 11 is 0. The SMILES string of the molecule is COc1cc(/C=N/NC(=O)Cc2ccc(F)cc2)ccc1Oc1ccc([N+](=O)[O-])cn1. The molecule has 3 rings (SSSR count). The Morgan fingerprint density at radius 3 is 2.61 bits per heavy atom. The van der Waals surface area contributed by atoms with E-state index in [9.17, 15) is 19.3 Å². The molecule has 0 aliphatic carbocycles. The average Bonchev–Trinajstić information content (AvgIpc) is 2.76. The van der Waals surface area contributed by atoms with E-state index in [1.807, 2.05) is 0 Å². The Bertz CT molecular complexity index is 1100. The highest BCUT2D eigenvalue weighted by atomic mass is 19.1. The first kappa shape index (κ1) is 21.4. The van der Waals surface area contributed by atoms with E-state index in [1.54, 1.807) is 18.2 Å². The van der Waals surface area contributed by atoms with Gasteiger partial charge in [-0.1, -0.05) is 12.1 Å². The van der Waals surface area contributed by atoms with Gasteiger partial charge in [0.15, 0.2) is 11.5 Å². The number of hydrazone groups is 1. The van der Waals surface area contributed by atoms with Crippen LogP contribution in [0.15, 0.2) is 65.9 Å². The summed E-state index contributed by atoms with van der Waals surface area (Å²) in [5.74, 6) is 0.174. The van der Waals surface area contributed by atoms with Gasteiger partial charge in [0, 0.05) is 12.1 Å². The molecule has 1 N–H and O–H groups in total. The molecule has 0 aliphatic heterocycles. The van der Waals surface area contributed by atoms with Gasteiger partial charge >= 0.3 is 0 Å². The van der Waals surface area contributed by atoms with E-state index in [0.717, 1.165) is 6.20 Å². The van der Waals surface area contributed by atoms with Gasteiger partial charge in [0.1, 0.15) is 12.0 Å². The van der Waals surface area contributed by atoms with Crippen LogP contribution in [-0.2, 0) is 11.2 Å². The van der Waals surface area contributed by atoms with Gasteiger partial charge in [-0.05, 0) is 41.5 Å². The van der Waals surface area contributed by atoms with Gasteiger partial charge < -0.3 is 9.47 Å². The minimum absolute atomic E-state index is 0.0654. The van der Waals surface area contributed by atoms with E-state index in [2.05, 4.69) is 15.5 Å². The molecule has 1 amide bonds. The van der Waals surface area contributed by atoms with Gasteiger partial charge in [-0.3, -0.25) is 14.9 Å². The number of amides is 1. The molecule has 0 saturated heterocycles. The van der Waals surface area contributed by atoms with Crippen LogP contribution in [0.4, 0.5) is 10.1 Å². The number of ether oxygens (including phenoxy) is 2. The number of hydrogen-bond donors (Lipinski definition) is 1. The largest absolute Gasteiger partial charge is 0.493 e. The first-order chi connectivity index (χ1) is 14.9. The number of halogens is 1. The Hall–Kier alpha value is -4.34. The number of rotatable bonds is 8. The van der Waals surface area contributed by atoms with Crippen molar-refractivity contribution >= 4 is 17.8 Å². The molecule has 9 nitrogen and oxygen atoms in total. The quantitative estimate of drug-likeness (QED) is 0.335. The maximum Gasteiger partial charge on any atom is 0.287 e. The zero-order chi connectivity index (χ0) is 22.2. The number of nitrogens with one attached hydrogen (secondary N) is 1. The van der Waals surface area contributed by atoms with Crippen LogP contribution in [0.2, 0.25) is 0 Å². The number of nitrogens with zero attached hydrogens (tertiary/aromatic N) is 3. The summed E-state index contributed by atoms with van der Waals surface area (Å²) in [4.78, 5) is 26.0. The molecule has 0 spiro atoms. The van der Waals surface area contributed by atoms with Crippen molar-refractivity contribution in [2.45, 2.75) is 6.42 Å². The van der Waals surface area contributed by atoms with E-state index < -0.39 is 4.92 Å². The minimum atomic E-state index is -0.552. The van der Waals surface area contributed by atoms with Gasteiger partial charge in [0.25, 0.3) is 5.69 Å². The molecule has 31 heavy (non-hydrogen) atoms. The van der Waals surface area contributed by atoms with Crippen LogP contribution in [0.1, 0.15) is 11.1 Å². The molecule has 0 bridgehead atoms. The van der Waals surface area contributed by atoms with Crippen LogP contribution in [0.5, 0.6) is 17.4 Å². The fraction of sp³-hybridized carbons (Fsp3) is 0.0952. The number of carbonyl (C=O) groups is 1. The van der Waals surface area contributed by atoms with E-state index >= 15 is 0 Å². The molecule has 2 aromatic carbocycles. The average molecular weight is 424 g/mol.